The van der Waals surface area contributed by atoms with Gasteiger partial charge < -0.3 is 9.47 Å². The lowest BCUT2D eigenvalue weighted by molar-refractivity contribution is -0.149. The lowest BCUT2D eigenvalue weighted by Gasteiger charge is -2.20. The van der Waals surface area contributed by atoms with Crippen molar-refractivity contribution in [2.24, 2.45) is 11.8 Å². The normalized spacial score (nSPS) is 38.7. The third-order valence-corrected chi connectivity index (χ3v) is 2.84. The van der Waals surface area contributed by atoms with Crippen molar-refractivity contribution in [2.75, 3.05) is 7.11 Å². The van der Waals surface area contributed by atoms with E-state index in [1.807, 2.05) is 12.2 Å². The molecule has 0 radical (unpaired) electrons. The fourth-order valence-electron chi connectivity index (χ4n) is 2.21. The van der Waals surface area contributed by atoms with Gasteiger partial charge in [0.25, 0.3) is 0 Å². The van der Waals surface area contributed by atoms with Gasteiger partial charge in [-0.3, -0.25) is 9.59 Å². The number of rotatable bonds is 2. The number of ketones is 1. The lowest BCUT2D eigenvalue weighted by Crippen LogP contribution is -2.35. The molecule has 4 nitrogen and oxygen atoms in total. The van der Waals surface area contributed by atoms with Crippen LogP contribution in [0.25, 0.3) is 0 Å². The highest BCUT2D eigenvalue weighted by Crippen LogP contribution is 2.40. The smallest absolute Gasteiger partial charge is 0.312 e. The molecule has 76 valence electrons. The molecule has 2 rings (SSSR count). The Morgan fingerprint density at radius 3 is 2.29 bits per heavy atom. The van der Waals surface area contributed by atoms with Gasteiger partial charge in [0.1, 0.15) is 5.78 Å². The van der Waals surface area contributed by atoms with Crippen LogP contribution < -0.4 is 0 Å². The second kappa shape index (κ2) is 3.20. The van der Waals surface area contributed by atoms with Crippen LogP contribution in [0, 0.1) is 11.8 Å². The average molecular weight is 196 g/mol. The van der Waals surface area contributed by atoms with E-state index in [1.54, 1.807) is 0 Å². The summed E-state index contributed by atoms with van der Waals surface area (Å²) >= 11 is 0. The van der Waals surface area contributed by atoms with Gasteiger partial charge in [-0.25, -0.2) is 0 Å². The lowest BCUT2D eigenvalue weighted by atomic mass is 9.81. The van der Waals surface area contributed by atoms with Crippen molar-refractivity contribution < 1.29 is 19.1 Å². The summed E-state index contributed by atoms with van der Waals surface area (Å²) in [6.45, 7) is 1.48. The van der Waals surface area contributed by atoms with E-state index in [0.717, 1.165) is 0 Å². The van der Waals surface area contributed by atoms with Crippen molar-refractivity contribution in [3.05, 3.63) is 12.2 Å². The molecule has 1 fully saturated rings. The van der Waals surface area contributed by atoms with E-state index in [4.69, 9.17) is 4.74 Å². The summed E-state index contributed by atoms with van der Waals surface area (Å²) in [4.78, 5) is 22.8. The van der Waals surface area contributed by atoms with E-state index < -0.39 is 5.92 Å². The molecule has 0 N–H and O–H groups in total. The van der Waals surface area contributed by atoms with Crippen LogP contribution in [-0.4, -0.2) is 31.1 Å². The molecule has 0 aromatic rings. The number of methoxy groups -OCH3 is 1. The van der Waals surface area contributed by atoms with Crippen molar-refractivity contribution in [1.29, 1.82) is 0 Å². The zero-order valence-electron chi connectivity index (χ0n) is 8.10. The third kappa shape index (κ3) is 1.18. The van der Waals surface area contributed by atoms with E-state index in [0.29, 0.717) is 0 Å². The van der Waals surface area contributed by atoms with Gasteiger partial charge in [0, 0.05) is 0 Å². The fourth-order valence-corrected chi connectivity index (χ4v) is 2.21. The Kier molecular flexibility index (Phi) is 2.15. The molecule has 4 heteroatoms. The minimum Gasteiger partial charge on any atom is -0.469 e. The van der Waals surface area contributed by atoms with Crippen molar-refractivity contribution in [3.63, 3.8) is 0 Å². The average Bonchev–Trinajstić information content (AvgIpc) is 2.74. The van der Waals surface area contributed by atoms with Crippen LogP contribution >= 0.6 is 0 Å². The predicted octanol–water partition coefficient (Wildman–Crippen LogP) is 0.318. The van der Waals surface area contributed by atoms with Crippen LogP contribution in [0.2, 0.25) is 0 Å². The van der Waals surface area contributed by atoms with Crippen LogP contribution in [0.3, 0.4) is 0 Å². The minimum atomic E-state index is -0.451. The summed E-state index contributed by atoms with van der Waals surface area (Å²) in [5.74, 6) is -1.19. The topological polar surface area (TPSA) is 52.6 Å². The Bertz CT molecular complexity index is 307. The molecule has 0 aromatic carbocycles. The summed E-state index contributed by atoms with van der Waals surface area (Å²) in [5, 5.41) is 0. The number of hydrogen-bond acceptors (Lipinski definition) is 4. The Morgan fingerprint density at radius 2 is 1.79 bits per heavy atom. The molecular formula is C10H12O4. The molecule has 2 heterocycles. The zero-order chi connectivity index (χ0) is 10.3. The maximum atomic E-state index is 11.4. The van der Waals surface area contributed by atoms with Crippen LogP contribution in [0.15, 0.2) is 12.2 Å². The van der Waals surface area contributed by atoms with Crippen LogP contribution in [0.4, 0.5) is 0 Å². The Labute approximate surface area is 81.9 Å². The number of carbonyl (C=O) groups is 2. The zero-order valence-corrected chi connectivity index (χ0v) is 8.10. The second-order valence-electron chi connectivity index (χ2n) is 3.64. The summed E-state index contributed by atoms with van der Waals surface area (Å²) in [5.41, 5.74) is 0. The van der Waals surface area contributed by atoms with Gasteiger partial charge in [-0.15, -0.1) is 0 Å². The van der Waals surface area contributed by atoms with Gasteiger partial charge in [-0.05, 0) is 6.92 Å². The third-order valence-electron chi connectivity index (χ3n) is 2.84. The maximum Gasteiger partial charge on any atom is 0.312 e. The highest BCUT2D eigenvalue weighted by atomic mass is 16.5. The molecule has 0 aromatic heterocycles. The summed E-state index contributed by atoms with van der Waals surface area (Å²) in [7, 11) is 1.33. The van der Waals surface area contributed by atoms with Gasteiger partial charge in [0.15, 0.2) is 0 Å². The number of ether oxygens (including phenoxy) is 2. The molecule has 4 unspecified atom stereocenters. The Morgan fingerprint density at radius 1 is 1.21 bits per heavy atom. The van der Waals surface area contributed by atoms with Crippen molar-refractivity contribution in [3.8, 4) is 0 Å². The van der Waals surface area contributed by atoms with Gasteiger partial charge >= 0.3 is 5.97 Å². The van der Waals surface area contributed by atoms with Gasteiger partial charge in [0.05, 0.1) is 31.2 Å². The van der Waals surface area contributed by atoms with E-state index in [2.05, 4.69) is 4.74 Å². The molecule has 2 aliphatic rings. The molecule has 0 aliphatic carbocycles. The first kappa shape index (κ1) is 9.40. The van der Waals surface area contributed by atoms with Crippen LogP contribution in [-0.2, 0) is 19.1 Å². The molecule has 2 bridgehead atoms. The second-order valence-corrected chi connectivity index (χ2v) is 3.64. The Balaban J connectivity index is 2.26. The molecule has 0 spiro atoms. The molecule has 2 aliphatic heterocycles. The van der Waals surface area contributed by atoms with E-state index in [9.17, 15) is 9.59 Å². The largest absolute Gasteiger partial charge is 0.469 e. The van der Waals surface area contributed by atoms with E-state index >= 15 is 0 Å². The maximum absolute atomic E-state index is 11.4. The number of esters is 1. The molecule has 0 amide bonds. The SMILES string of the molecule is COC(=O)C1C2C=CC(O2)C1C(C)=O. The first-order chi connectivity index (χ1) is 6.65. The standard InChI is InChI=1S/C10H12O4/c1-5(11)8-6-3-4-7(14-6)9(8)10(12)13-2/h3-4,6-9H,1-2H3. The molecule has 0 saturated carbocycles. The van der Waals surface area contributed by atoms with E-state index in [1.165, 1.54) is 14.0 Å². The number of hydrogen-bond donors (Lipinski definition) is 0. The number of Topliss-reactive ketones (excluding diaryl/α,β-unsaturated/α-hetero) is 1. The highest BCUT2D eigenvalue weighted by Gasteiger charge is 2.52. The summed E-state index contributed by atoms with van der Waals surface area (Å²) in [6.07, 6.45) is 3.16. The molecular weight excluding hydrogens is 184 g/mol. The van der Waals surface area contributed by atoms with Crippen LogP contribution in [0.5, 0.6) is 0 Å². The highest BCUT2D eigenvalue weighted by molar-refractivity contribution is 5.87. The number of fused-ring (bicyclic) bond motifs is 2. The predicted molar refractivity (Wildman–Crippen MR) is 47.5 cm³/mol. The first-order valence-corrected chi connectivity index (χ1v) is 4.57. The molecule has 14 heavy (non-hydrogen) atoms. The van der Waals surface area contributed by atoms with Crippen LogP contribution in [0.1, 0.15) is 6.92 Å². The Hall–Kier alpha value is -1.16. The first-order valence-electron chi connectivity index (χ1n) is 4.57. The van der Waals surface area contributed by atoms with Crippen molar-refractivity contribution in [1.82, 2.24) is 0 Å². The van der Waals surface area contributed by atoms with Crippen molar-refractivity contribution >= 4 is 11.8 Å². The molecule has 1 saturated heterocycles. The minimum absolute atomic E-state index is 0.0164. The van der Waals surface area contributed by atoms with Gasteiger partial charge in [0.2, 0.25) is 0 Å². The van der Waals surface area contributed by atoms with Crippen molar-refractivity contribution in [2.45, 2.75) is 19.1 Å². The van der Waals surface area contributed by atoms with E-state index in [-0.39, 0.29) is 29.9 Å². The van der Waals surface area contributed by atoms with Gasteiger partial charge in [-0.1, -0.05) is 12.2 Å². The number of carbonyl (C=O) groups excluding carboxylic acids is 2. The monoisotopic (exact) mass is 196 g/mol. The molecule has 4 atom stereocenters. The fraction of sp³-hybridized carbons (Fsp3) is 0.600. The van der Waals surface area contributed by atoms with Gasteiger partial charge in [-0.2, -0.15) is 0 Å². The summed E-state index contributed by atoms with van der Waals surface area (Å²) in [6, 6.07) is 0. The summed E-state index contributed by atoms with van der Waals surface area (Å²) < 4.78 is 10.1. The quantitative estimate of drug-likeness (QED) is 0.471.